The van der Waals surface area contributed by atoms with Crippen LogP contribution in [0.1, 0.15) is 35.2 Å². The van der Waals surface area contributed by atoms with E-state index in [-0.39, 0.29) is 11.3 Å². The maximum absolute atomic E-state index is 13.6. The first-order chi connectivity index (χ1) is 20.9. The van der Waals surface area contributed by atoms with Gasteiger partial charge in [0, 0.05) is 31.7 Å². The fourth-order valence-electron chi connectivity index (χ4n) is 5.54. The minimum atomic E-state index is -0.806. The van der Waals surface area contributed by atoms with E-state index < -0.39 is 17.7 Å². The molecular weight excluding hydrogens is 548 g/mol. The van der Waals surface area contributed by atoms with Gasteiger partial charge in [0.05, 0.1) is 38.5 Å². The first-order valence-electron chi connectivity index (χ1n) is 14.6. The lowest BCUT2D eigenvalue weighted by Gasteiger charge is -2.31. The number of aliphatic hydroxyl groups excluding tert-OH is 1. The van der Waals surface area contributed by atoms with Crippen LogP contribution in [0.15, 0.2) is 72.3 Å². The second-order valence-corrected chi connectivity index (χ2v) is 10.5. The molecule has 43 heavy (non-hydrogen) atoms. The number of nitrogens with zero attached hydrogens (tertiary/aromatic N) is 2. The molecule has 9 heteroatoms. The van der Waals surface area contributed by atoms with Crippen molar-refractivity contribution in [2.24, 2.45) is 0 Å². The van der Waals surface area contributed by atoms with Crippen LogP contribution >= 0.6 is 0 Å². The van der Waals surface area contributed by atoms with Crippen LogP contribution in [0.25, 0.3) is 5.76 Å². The van der Waals surface area contributed by atoms with E-state index in [1.165, 1.54) is 0 Å². The standard InChI is InChI=1S/C34H38N2O7/c1-4-42-28-13-10-25(21-29(28)40-3)31-30(33(38)34(39)36(31)15-14-35-16-18-41-19-17-35)32(37)27-12-11-26(20-23(27)2)43-22-24-8-6-5-7-9-24/h5-13,20-21,31,37H,4,14-19,22H2,1-3H3/t31-/m1/s1. The lowest BCUT2D eigenvalue weighted by atomic mass is 9.93. The summed E-state index contributed by atoms with van der Waals surface area (Å²) in [5.41, 5.74) is 2.89. The Morgan fingerprint density at radius 2 is 1.72 bits per heavy atom. The van der Waals surface area contributed by atoms with Gasteiger partial charge in [-0.25, -0.2) is 0 Å². The van der Waals surface area contributed by atoms with Crippen LogP contribution in [0.3, 0.4) is 0 Å². The van der Waals surface area contributed by atoms with E-state index in [2.05, 4.69) is 4.90 Å². The fraction of sp³-hybridized carbons (Fsp3) is 0.353. The number of carbonyl (C=O) groups is 2. The zero-order valence-electron chi connectivity index (χ0n) is 24.9. The Labute approximate surface area is 252 Å². The van der Waals surface area contributed by atoms with Crippen molar-refractivity contribution in [2.45, 2.75) is 26.5 Å². The predicted octanol–water partition coefficient (Wildman–Crippen LogP) is 4.74. The molecule has 0 aromatic heterocycles. The van der Waals surface area contributed by atoms with E-state index in [9.17, 15) is 14.7 Å². The maximum atomic E-state index is 13.6. The Morgan fingerprint density at radius 3 is 2.42 bits per heavy atom. The number of amides is 1. The topological polar surface area (TPSA) is 97.8 Å². The molecule has 1 N–H and O–H groups in total. The number of likely N-dealkylation sites (tertiary alicyclic amines) is 1. The quantitative estimate of drug-likeness (QED) is 0.196. The second kappa shape index (κ2) is 13.8. The second-order valence-electron chi connectivity index (χ2n) is 10.5. The van der Waals surface area contributed by atoms with Gasteiger partial charge in [-0.1, -0.05) is 36.4 Å². The molecule has 2 saturated heterocycles. The third kappa shape index (κ3) is 6.68. The Hall–Kier alpha value is -4.34. The third-order valence-electron chi connectivity index (χ3n) is 7.81. The van der Waals surface area contributed by atoms with Gasteiger partial charge in [0.1, 0.15) is 18.1 Å². The summed E-state index contributed by atoms with van der Waals surface area (Å²) in [6.45, 7) is 8.23. The summed E-state index contributed by atoms with van der Waals surface area (Å²) in [6.07, 6.45) is 0. The lowest BCUT2D eigenvalue weighted by molar-refractivity contribution is -0.140. The highest BCUT2D eigenvalue weighted by atomic mass is 16.5. The number of rotatable bonds is 11. The number of hydrogen-bond acceptors (Lipinski definition) is 8. The largest absolute Gasteiger partial charge is 0.507 e. The first kappa shape index (κ1) is 30.1. The molecule has 0 unspecified atom stereocenters. The van der Waals surface area contributed by atoms with E-state index >= 15 is 0 Å². The van der Waals surface area contributed by atoms with E-state index in [0.717, 1.165) is 18.7 Å². The van der Waals surface area contributed by atoms with Crippen LogP contribution in [0.2, 0.25) is 0 Å². The molecule has 0 spiro atoms. The normalized spacial score (nSPS) is 18.6. The smallest absolute Gasteiger partial charge is 0.295 e. The number of aliphatic hydroxyl groups is 1. The minimum absolute atomic E-state index is 0.0410. The number of methoxy groups -OCH3 is 1. The van der Waals surface area contributed by atoms with E-state index in [1.807, 2.05) is 56.3 Å². The molecule has 2 heterocycles. The number of ketones is 1. The van der Waals surface area contributed by atoms with E-state index in [4.69, 9.17) is 18.9 Å². The van der Waals surface area contributed by atoms with Crippen molar-refractivity contribution in [3.8, 4) is 17.2 Å². The summed E-state index contributed by atoms with van der Waals surface area (Å²) in [5, 5.41) is 11.7. The Kier molecular flexibility index (Phi) is 9.64. The summed E-state index contributed by atoms with van der Waals surface area (Å²) in [4.78, 5) is 30.9. The monoisotopic (exact) mass is 586 g/mol. The molecule has 1 amide bonds. The number of carbonyl (C=O) groups excluding carboxylic acids is 2. The zero-order chi connectivity index (χ0) is 30.3. The van der Waals surface area contributed by atoms with Crippen molar-refractivity contribution in [1.29, 1.82) is 0 Å². The van der Waals surface area contributed by atoms with Gasteiger partial charge in [-0.05, 0) is 60.9 Å². The molecule has 0 radical (unpaired) electrons. The Balaban J connectivity index is 1.50. The molecule has 226 valence electrons. The molecule has 5 rings (SSSR count). The molecule has 0 saturated carbocycles. The van der Waals surface area contributed by atoms with Crippen LogP contribution in [0.5, 0.6) is 17.2 Å². The molecule has 3 aromatic carbocycles. The number of Topliss-reactive ketones (excluding diaryl/α,β-unsaturated/α-hetero) is 1. The minimum Gasteiger partial charge on any atom is -0.507 e. The molecule has 2 fully saturated rings. The van der Waals surface area contributed by atoms with Gasteiger partial charge < -0.3 is 29.0 Å². The molecule has 2 aliphatic rings. The van der Waals surface area contributed by atoms with Crippen molar-refractivity contribution in [2.75, 3.05) is 53.1 Å². The molecule has 1 atom stereocenters. The van der Waals surface area contributed by atoms with Gasteiger partial charge in [0.15, 0.2) is 11.5 Å². The highest BCUT2D eigenvalue weighted by Crippen LogP contribution is 2.42. The summed E-state index contributed by atoms with van der Waals surface area (Å²) in [7, 11) is 1.54. The SMILES string of the molecule is CCOc1ccc([C@@H]2C(=C(O)c3ccc(OCc4ccccc4)cc3C)C(=O)C(=O)N2CCN2CCOCC2)cc1OC. The molecule has 0 bridgehead atoms. The fourth-order valence-corrected chi connectivity index (χ4v) is 5.54. The number of ether oxygens (including phenoxy) is 4. The Morgan fingerprint density at radius 1 is 0.953 bits per heavy atom. The summed E-state index contributed by atoms with van der Waals surface area (Å²) < 4.78 is 22.7. The molecule has 3 aromatic rings. The van der Waals surface area contributed by atoms with Gasteiger partial charge in [-0.15, -0.1) is 0 Å². The molecular formula is C34H38N2O7. The van der Waals surface area contributed by atoms with Crippen LogP contribution in [0, 0.1) is 6.92 Å². The highest BCUT2D eigenvalue weighted by Gasteiger charge is 2.46. The lowest BCUT2D eigenvalue weighted by Crippen LogP contribution is -2.42. The maximum Gasteiger partial charge on any atom is 0.295 e. The van der Waals surface area contributed by atoms with Gasteiger partial charge in [0.2, 0.25) is 0 Å². The van der Waals surface area contributed by atoms with Crippen LogP contribution in [0.4, 0.5) is 0 Å². The van der Waals surface area contributed by atoms with E-state index in [1.54, 1.807) is 36.3 Å². The third-order valence-corrected chi connectivity index (χ3v) is 7.81. The van der Waals surface area contributed by atoms with Crippen molar-refractivity contribution < 1.29 is 33.6 Å². The molecule has 2 aliphatic heterocycles. The van der Waals surface area contributed by atoms with Crippen molar-refractivity contribution >= 4 is 17.4 Å². The number of benzene rings is 3. The summed E-state index contributed by atoms with van der Waals surface area (Å²) in [6, 6.07) is 19.7. The zero-order valence-corrected chi connectivity index (χ0v) is 24.9. The van der Waals surface area contributed by atoms with E-state index in [0.29, 0.717) is 73.5 Å². The van der Waals surface area contributed by atoms with Crippen molar-refractivity contribution in [3.63, 3.8) is 0 Å². The van der Waals surface area contributed by atoms with Crippen molar-refractivity contribution in [3.05, 3.63) is 94.6 Å². The van der Waals surface area contributed by atoms with Crippen LogP contribution in [-0.4, -0.2) is 79.7 Å². The van der Waals surface area contributed by atoms with Gasteiger partial charge in [-0.2, -0.15) is 0 Å². The summed E-state index contributed by atoms with van der Waals surface area (Å²) >= 11 is 0. The van der Waals surface area contributed by atoms with Gasteiger partial charge >= 0.3 is 0 Å². The van der Waals surface area contributed by atoms with Crippen LogP contribution in [-0.2, 0) is 20.9 Å². The Bertz CT molecular complexity index is 1480. The number of hydrogen-bond donors (Lipinski definition) is 1. The summed E-state index contributed by atoms with van der Waals surface area (Å²) in [5.74, 6) is 0.0817. The van der Waals surface area contributed by atoms with Crippen molar-refractivity contribution in [1.82, 2.24) is 9.80 Å². The highest BCUT2D eigenvalue weighted by molar-refractivity contribution is 6.46. The van der Waals surface area contributed by atoms with Gasteiger partial charge in [-0.3, -0.25) is 14.5 Å². The average Bonchev–Trinajstić information content (AvgIpc) is 3.29. The first-order valence-corrected chi connectivity index (χ1v) is 14.6. The number of aryl methyl sites for hydroxylation is 1. The number of morpholine rings is 1. The molecule has 0 aliphatic carbocycles. The predicted molar refractivity (Wildman–Crippen MR) is 162 cm³/mol. The van der Waals surface area contributed by atoms with Crippen LogP contribution < -0.4 is 14.2 Å². The molecule has 9 nitrogen and oxygen atoms in total. The van der Waals surface area contributed by atoms with Gasteiger partial charge in [0.25, 0.3) is 11.7 Å². The average molecular weight is 587 g/mol.